The van der Waals surface area contributed by atoms with Gasteiger partial charge in [-0.2, -0.15) is 13.2 Å². The number of amides is 1. The number of carbonyl (C=O) groups is 1. The zero-order valence-corrected chi connectivity index (χ0v) is 15.7. The molecule has 1 aromatic heterocycles. The second-order valence-corrected chi connectivity index (χ2v) is 7.01. The molecule has 3 rings (SSSR count). The van der Waals surface area contributed by atoms with Gasteiger partial charge in [-0.1, -0.05) is 0 Å². The van der Waals surface area contributed by atoms with E-state index in [1.54, 1.807) is 4.90 Å². The molecule has 144 valence electrons. The molecular weight excluding hydrogens is 430 g/mol. The van der Waals surface area contributed by atoms with E-state index < -0.39 is 17.6 Å². The quantitative estimate of drug-likeness (QED) is 0.644. The molecule has 0 saturated carbocycles. The van der Waals surface area contributed by atoms with Crippen LogP contribution >= 0.6 is 15.9 Å². The molecule has 0 radical (unpaired) electrons. The first-order valence-electron chi connectivity index (χ1n) is 8.28. The number of anilines is 1. The summed E-state index contributed by atoms with van der Waals surface area (Å²) in [5.41, 5.74) is -0.551. The molecule has 0 aliphatic carbocycles. The Bertz CT molecular complexity index is 826. The van der Waals surface area contributed by atoms with Crippen LogP contribution in [-0.4, -0.2) is 42.0 Å². The molecular formula is C18H16BrF4N3O. The summed E-state index contributed by atoms with van der Waals surface area (Å²) in [5.74, 6) is -0.347. The first kappa shape index (κ1) is 19.6. The molecule has 4 nitrogen and oxygen atoms in total. The Labute approximate surface area is 161 Å². The van der Waals surface area contributed by atoms with Crippen molar-refractivity contribution in [1.82, 2.24) is 9.88 Å². The van der Waals surface area contributed by atoms with Crippen molar-refractivity contribution in [1.29, 1.82) is 0 Å². The molecule has 1 amide bonds. The van der Waals surface area contributed by atoms with Crippen molar-refractivity contribution in [3.63, 3.8) is 0 Å². The Hall–Kier alpha value is -2.16. The zero-order valence-electron chi connectivity index (χ0n) is 14.1. The van der Waals surface area contributed by atoms with Crippen molar-refractivity contribution in [2.24, 2.45) is 0 Å². The van der Waals surface area contributed by atoms with Crippen molar-refractivity contribution < 1.29 is 22.4 Å². The maximum Gasteiger partial charge on any atom is 0.417 e. The van der Waals surface area contributed by atoms with Gasteiger partial charge in [-0.15, -0.1) is 0 Å². The molecule has 1 aliphatic rings. The summed E-state index contributed by atoms with van der Waals surface area (Å²) in [4.78, 5) is 20.1. The number of aromatic nitrogens is 1. The summed E-state index contributed by atoms with van der Waals surface area (Å²) >= 11 is 3.26. The van der Waals surface area contributed by atoms with Gasteiger partial charge < -0.3 is 9.80 Å². The van der Waals surface area contributed by atoms with Gasteiger partial charge in [0.1, 0.15) is 11.6 Å². The van der Waals surface area contributed by atoms with Crippen molar-refractivity contribution in [2.45, 2.75) is 12.6 Å². The van der Waals surface area contributed by atoms with Gasteiger partial charge in [-0.3, -0.25) is 4.79 Å². The van der Waals surface area contributed by atoms with Gasteiger partial charge in [0, 0.05) is 36.8 Å². The van der Waals surface area contributed by atoms with Gasteiger partial charge >= 0.3 is 6.18 Å². The number of rotatable bonds is 2. The molecule has 0 bridgehead atoms. The van der Waals surface area contributed by atoms with Gasteiger partial charge in [0.05, 0.1) is 11.1 Å². The van der Waals surface area contributed by atoms with Gasteiger partial charge in [0.15, 0.2) is 0 Å². The molecule has 2 heterocycles. The van der Waals surface area contributed by atoms with E-state index in [0.29, 0.717) is 42.9 Å². The second kappa shape index (κ2) is 7.84. The highest BCUT2D eigenvalue weighted by Crippen LogP contribution is 2.29. The van der Waals surface area contributed by atoms with Crippen LogP contribution in [0.5, 0.6) is 0 Å². The predicted octanol–water partition coefficient (Wildman–Crippen LogP) is 4.35. The summed E-state index contributed by atoms with van der Waals surface area (Å²) in [7, 11) is 0. The number of pyridine rings is 1. The fraction of sp³-hybridized carbons (Fsp3) is 0.333. The lowest BCUT2D eigenvalue weighted by Gasteiger charge is -2.23. The molecule has 9 heteroatoms. The first-order valence-corrected chi connectivity index (χ1v) is 9.07. The fourth-order valence-corrected chi connectivity index (χ4v) is 3.34. The standard InChI is InChI=1S/C18H16BrF4N3O/c19-15-4-3-13(20)10-14(15)17(27)26-7-1-6-25(8-9-26)16-5-2-12(11-24-16)18(21,22)23/h2-5,10-11H,1,6-9H2. The minimum absolute atomic E-state index is 0.246. The Morgan fingerprint density at radius 3 is 2.52 bits per heavy atom. The van der Waals surface area contributed by atoms with Gasteiger partial charge in [-0.25, -0.2) is 9.37 Å². The molecule has 0 atom stereocenters. The third kappa shape index (κ3) is 4.58. The third-order valence-electron chi connectivity index (χ3n) is 4.34. The largest absolute Gasteiger partial charge is 0.417 e. The highest BCUT2D eigenvalue weighted by atomic mass is 79.9. The average molecular weight is 446 g/mol. The number of hydrogen-bond acceptors (Lipinski definition) is 3. The fourth-order valence-electron chi connectivity index (χ4n) is 2.92. The number of hydrogen-bond donors (Lipinski definition) is 0. The lowest BCUT2D eigenvalue weighted by Crippen LogP contribution is -2.35. The molecule has 1 aromatic carbocycles. The molecule has 1 fully saturated rings. The van der Waals surface area contributed by atoms with Crippen LogP contribution in [0.25, 0.3) is 0 Å². The number of benzene rings is 1. The van der Waals surface area contributed by atoms with E-state index in [9.17, 15) is 22.4 Å². The first-order chi connectivity index (χ1) is 12.8. The normalized spacial score (nSPS) is 15.6. The minimum atomic E-state index is -4.42. The van der Waals surface area contributed by atoms with Crippen molar-refractivity contribution in [3.05, 3.63) is 57.9 Å². The van der Waals surface area contributed by atoms with E-state index in [2.05, 4.69) is 20.9 Å². The van der Waals surface area contributed by atoms with E-state index in [4.69, 9.17) is 0 Å². The minimum Gasteiger partial charge on any atom is -0.355 e. The molecule has 0 N–H and O–H groups in total. The number of carbonyl (C=O) groups excluding carboxylic acids is 1. The van der Waals surface area contributed by atoms with Gasteiger partial charge in [0.2, 0.25) is 0 Å². The Balaban J connectivity index is 1.70. The maximum atomic E-state index is 13.5. The van der Waals surface area contributed by atoms with Crippen LogP contribution < -0.4 is 4.90 Å². The van der Waals surface area contributed by atoms with Gasteiger partial charge in [-0.05, 0) is 52.7 Å². The topological polar surface area (TPSA) is 36.4 Å². The van der Waals surface area contributed by atoms with Crippen LogP contribution in [0.15, 0.2) is 41.0 Å². The molecule has 0 unspecified atom stereocenters. The van der Waals surface area contributed by atoms with Crippen LogP contribution in [0, 0.1) is 5.82 Å². The number of nitrogens with zero attached hydrogens (tertiary/aromatic N) is 3. The monoisotopic (exact) mass is 445 g/mol. The summed E-state index contributed by atoms with van der Waals surface area (Å²) in [6.07, 6.45) is -2.99. The van der Waals surface area contributed by atoms with Crippen LogP contribution in [0.2, 0.25) is 0 Å². The second-order valence-electron chi connectivity index (χ2n) is 6.16. The van der Waals surface area contributed by atoms with Crippen LogP contribution in [0.3, 0.4) is 0 Å². The highest BCUT2D eigenvalue weighted by molar-refractivity contribution is 9.10. The van der Waals surface area contributed by atoms with Crippen molar-refractivity contribution >= 4 is 27.7 Å². The van der Waals surface area contributed by atoms with E-state index in [1.165, 1.54) is 24.3 Å². The Morgan fingerprint density at radius 2 is 1.85 bits per heavy atom. The van der Waals surface area contributed by atoms with Crippen molar-refractivity contribution in [2.75, 3.05) is 31.1 Å². The average Bonchev–Trinajstić information content (AvgIpc) is 2.89. The molecule has 27 heavy (non-hydrogen) atoms. The van der Waals surface area contributed by atoms with E-state index in [1.807, 2.05) is 4.90 Å². The summed E-state index contributed by atoms with van der Waals surface area (Å²) in [6, 6.07) is 6.27. The smallest absolute Gasteiger partial charge is 0.355 e. The molecule has 0 spiro atoms. The summed E-state index contributed by atoms with van der Waals surface area (Å²) in [5, 5.41) is 0. The summed E-state index contributed by atoms with van der Waals surface area (Å²) in [6.45, 7) is 1.83. The highest BCUT2D eigenvalue weighted by Gasteiger charge is 2.31. The molecule has 1 aliphatic heterocycles. The zero-order chi connectivity index (χ0) is 19.6. The number of alkyl halides is 3. The molecule has 2 aromatic rings. The van der Waals surface area contributed by atoms with Crippen LogP contribution in [0.4, 0.5) is 23.4 Å². The predicted molar refractivity (Wildman–Crippen MR) is 96.1 cm³/mol. The van der Waals surface area contributed by atoms with E-state index in [-0.39, 0.29) is 11.5 Å². The summed E-state index contributed by atoms with van der Waals surface area (Å²) < 4.78 is 52.0. The number of halogens is 5. The lowest BCUT2D eigenvalue weighted by atomic mass is 10.2. The van der Waals surface area contributed by atoms with Crippen LogP contribution in [-0.2, 0) is 6.18 Å². The Morgan fingerprint density at radius 1 is 1.07 bits per heavy atom. The van der Waals surface area contributed by atoms with E-state index >= 15 is 0 Å². The molecule has 1 saturated heterocycles. The SMILES string of the molecule is O=C(c1cc(F)ccc1Br)N1CCCN(c2ccc(C(F)(F)F)cn2)CC1. The van der Waals surface area contributed by atoms with Crippen molar-refractivity contribution in [3.8, 4) is 0 Å². The lowest BCUT2D eigenvalue weighted by molar-refractivity contribution is -0.137. The Kier molecular flexibility index (Phi) is 5.69. The van der Waals surface area contributed by atoms with E-state index in [0.717, 1.165) is 12.3 Å². The third-order valence-corrected chi connectivity index (χ3v) is 5.03. The maximum absolute atomic E-state index is 13.5. The van der Waals surface area contributed by atoms with Crippen LogP contribution in [0.1, 0.15) is 22.3 Å². The van der Waals surface area contributed by atoms with Gasteiger partial charge in [0.25, 0.3) is 5.91 Å².